The first kappa shape index (κ1) is 87.5. The summed E-state index contributed by atoms with van der Waals surface area (Å²) in [5, 5.41) is 10.6. The summed E-state index contributed by atoms with van der Waals surface area (Å²) in [4.78, 5) is 72.5. The van der Waals surface area contributed by atoms with Gasteiger partial charge >= 0.3 is 39.5 Å². The van der Waals surface area contributed by atoms with Crippen molar-refractivity contribution in [3.63, 3.8) is 0 Å². The zero-order valence-corrected chi connectivity index (χ0v) is 59.9. The highest BCUT2D eigenvalue weighted by Crippen LogP contribution is 2.45. The third-order valence-electron chi connectivity index (χ3n) is 16.5. The van der Waals surface area contributed by atoms with Gasteiger partial charge in [-0.1, -0.05) is 278 Å². The normalized spacial score (nSPS) is 15.0. The van der Waals surface area contributed by atoms with Gasteiger partial charge in [-0.2, -0.15) is 0 Å². The fourth-order valence-electron chi connectivity index (χ4n) is 10.1. The van der Waals surface area contributed by atoms with E-state index >= 15 is 0 Å². The lowest BCUT2D eigenvalue weighted by atomic mass is 9.99. The van der Waals surface area contributed by atoms with Crippen LogP contribution in [0, 0.1) is 17.8 Å². The molecule has 90 heavy (non-hydrogen) atoms. The van der Waals surface area contributed by atoms with E-state index in [0.29, 0.717) is 31.6 Å². The number of carbonyl (C=O) groups excluding carboxylic acids is 4. The summed E-state index contributed by atoms with van der Waals surface area (Å²) in [5.41, 5.74) is 0. The molecule has 0 rings (SSSR count). The van der Waals surface area contributed by atoms with Gasteiger partial charge in [-0.05, 0) is 69.1 Å². The fourth-order valence-corrected chi connectivity index (χ4v) is 11.7. The van der Waals surface area contributed by atoms with Crippen LogP contribution in [0.15, 0.2) is 24.3 Å². The zero-order valence-electron chi connectivity index (χ0n) is 58.1. The number of phosphoric ester groups is 2. The van der Waals surface area contributed by atoms with Crippen LogP contribution in [0.2, 0.25) is 0 Å². The van der Waals surface area contributed by atoms with Gasteiger partial charge < -0.3 is 33.8 Å². The van der Waals surface area contributed by atoms with Gasteiger partial charge in [0.25, 0.3) is 0 Å². The van der Waals surface area contributed by atoms with E-state index in [1.807, 2.05) is 0 Å². The molecular formula is C71H134O17P2. The second-order valence-corrected chi connectivity index (χ2v) is 28.8. The highest BCUT2D eigenvalue weighted by atomic mass is 31.2. The molecular weight excluding hydrogens is 1190 g/mol. The number of unbranched alkanes of at least 4 members (excludes halogenated alkanes) is 30. The van der Waals surface area contributed by atoms with Gasteiger partial charge in [-0.3, -0.25) is 37.3 Å². The molecule has 0 amide bonds. The van der Waals surface area contributed by atoms with Gasteiger partial charge in [-0.15, -0.1) is 0 Å². The van der Waals surface area contributed by atoms with E-state index in [1.165, 1.54) is 122 Å². The van der Waals surface area contributed by atoms with Gasteiger partial charge in [0.15, 0.2) is 12.2 Å². The van der Waals surface area contributed by atoms with Crippen molar-refractivity contribution in [1.82, 2.24) is 0 Å². The molecule has 0 aromatic heterocycles. The van der Waals surface area contributed by atoms with Gasteiger partial charge in [-0.25, -0.2) is 9.13 Å². The highest BCUT2D eigenvalue weighted by molar-refractivity contribution is 7.47. The Kier molecular flexibility index (Phi) is 59.7. The largest absolute Gasteiger partial charge is 0.472 e. The van der Waals surface area contributed by atoms with Gasteiger partial charge in [0.1, 0.15) is 19.3 Å². The Hall–Kier alpha value is -2.46. The van der Waals surface area contributed by atoms with E-state index in [9.17, 15) is 43.2 Å². The molecule has 0 aliphatic rings. The smallest absolute Gasteiger partial charge is 0.462 e. The first-order chi connectivity index (χ1) is 43.3. The number of phosphoric acid groups is 2. The molecule has 4 unspecified atom stereocenters. The molecule has 17 nitrogen and oxygen atoms in total. The molecule has 0 aromatic rings. The van der Waals surface area contributed by atoms with Crippen LogP contribution in [0.3, 0.4) is 0 Å². The lowest BCUT2D eigenvalue weighted by Crippen LogP contribution is -2.30. The third-order valence-corrected chi connectivity index (χ3v) is 18.4. The third kappa shape index (κ3) is 61.7. The predicted octanol–water partition coefficient (Wildman–Crippen LogP) is 19.8. The Morgan fingerprint density at radius 3 is 0.989 bits per heavy atom. The zero-order chi connectivity index (χ0) is 66.6. The number of esters is 4. The second kappa shape index (κ2) is 61.4. The molecule has 19 heteroatoms. The quantitative estimate of drug-likeness (QED) is 0.0169. The Bertz CT molecular complexity index is 1860. The Labute approximate surface area is 548 Å². The molecule has 0 radical (unpaired) electrons. The number of carbonyl (C=O) groups is 4. The molecule has 0 aliphatic carbocycles. The average molecular weight is 1320 g/mol. The van der Waals surface area contributed by atoms with Crippen molar-refractivity contribution < 1.29 is 80.2 Å². The first-order valence-corrected chi connectivity index (χ1v) is 39.2. The van der Waals surface area contributed by atoms with Crippen LogP contribution < -0.4 is 0 Å². The highest BCUT2D eigenvalue weighted by Gasteiger charge is 2.30. The number of aliphatic hydroxyl groups is 1. The fraction of sp³-hybridized carbons (Fsp3) is 0.887. The van der Waals surface area contributed by atoms with E-state index in [4.69, 9.17) is 37.0 Å². The number of hydrogen-bond acceptors (Lipinski definition) is 15. The minimum absolute atomic E-state index is 0.0840. The second-order valence-electron chi connectivity index (χ2n) is 25.9. The summed E-state index contributed by atoms with van der Waals surface area (Å²) in [5.74, 6) is 0.0954. The molecule has 0 spiro atoms. The SMILES string of the molecule is CCCCCC/C=C\C=C/CCCCCCCC(=O)O[C@H](COC(=O)CCCCCCCCCCC(C)CC)COP(=O)(O)OC[C@@H](O)COP(=O)(O)OC[C@@H](COC(=O)CCCCCCCCC(C)C)OC(=O)CCCCCCCCCCCCC(C)CC. The summed E-state index contributed by atoms with van der Waals surface area (Å²) in [6.07, 6.45) is 48.0. The number of rotatable bonds is 67. The van der Waals surface area contributed by atoms with Crippen molar-refractivity contribution in [1.29, 1.82) is 0 Å². The van der Waals surface area contributed by atoms with Gasteiger partial charge in [0, 0.05) is 25.7 Å². The van der Waals surface area contributed by atoms with Crippen LogP contribution in [0.25, 0.3) is 0 Å². The van der Waals surface area contributed by atoms with Crippen LogP contribution in [-0.2, 0) is 65.4 Å². The molecule has 3 N–H and O–H groups in total. The van der Waals surface area contributed by atoms with Gasteiger partial charge in [0.2, 0.25) is 0 Å². The lowest BCUT2D eigenvalue weighted by Gasteiger charge is -2.21. The number of hydrogen-bond donors (Lipinski definition) is 3. The van der Waals surface area contributed by atoms with Crippen molar-refractivity contribution >= 4 is 39.5 Å². The number of ether oxygens (including phenoxy) is 4. The van der Waals surface area contributed by atoms with Gasteiger partial charge in [0.05, 0.1) is 26.4 Å². The Balaban J connectivity index is 5.29. The average Bonchev–Trinajstić information content (AvgIpc) is 3.73. The van der Waals surface area contributed by atoms with Crippen molar-refractivity contribution in [2.75, 3.05) is 39.6 Å². The van der Waals surface area contributed by atoms with Crippen molar-refractivity contribution in [3.8, 4) is 0 Å². The summed E-state index contributed by atoms with van der Waals surface area (Å²) < 4.78 is 68.2. The minimum Gasteiger partial charge on any atom is -0.462 e. The lowest BCUT2D eigenvalue weighted by molar-refractivity contribution is -0.161. The summed E-state index contributed by atoms with van der Waals surface area (Å²) in [7, 11) is -9.92. The van der Waals surface area contributed by atoms with E-state index in [0.717, 1.165) is 121 Å². The molecule has 0 bridgehead atoms. The maximum atomic E-state index is 13.0. The minimum atomic E-state index is -4.96. The summed E-state index contributed by atoms with van der Waals surface area (Å²) >= 11 is 0. The Morgan fingerprint density at radius 1 is 0.367 bits per heavy atom. The van der Waals surface area contributed by atoms with Crippen LogP contribution in [0.4, 0.5) is 0 Å². The van der Waals surface area contributed by atoms with E-state index in [2.05, 4.69) is 72.8 Å². The maximum Gasteiger partial charge on any atom is 0.472 e. The van der Waals surface area contributed by atoms with Crippen molar-refractivity contribution in [2.24, 2.45) is 17.8 Å². The molecule has 530 valence electrons. The first-order valence-electron chi connectivity index (χ1n) is 36.2. The maximum absolute atomic E-state index is 13.0. The van der Waals surface area contributed by atoms with E-state index < -0.39 is 97.5 Å². The predicted molar refractivity (Wildman–Crippen MR) is 363 cm³/mol. The Morgan fingerprint density at radius 2 is 0.656 bits per heavy atom. The van der Waals surface area contributed by atoms with E-state index in [-0.39, 0.29) is 25.7 Å². The van der Waals surface area contributed by atoms with E-state index in [1.54, 1.807) is 0 Å². The molecule has 0 aromatic carbocycles. The molecule has 0 saturated heterocycles. The molecule has 0 saturated carbocycles. The standard InChI is InChI=1S/C71H134O17P2/c1-8-11-12-13-14-15-16-17-18-19-20-24-31-40-47-54-70(75)87-66(58-81-68(73)52-45-38-30-27-26-29-37-44-51-64(7)10-3)60-85-89(77,78)83-56-65(72)57-84-90(79,80)86-61-67(59-82-69(74)53-46-39-34-33-35-42-49-62(4)5)88-71(76)55-48-41-32-25-22-21-23-28-36-43-50-63(6)9-2/h15-18,62-67,72H,8-14,19-61H2,1-7H3,(H,77,78)(H,79,80)/b16-15-,18-17-/t63?,64?,65-,66-,67-/m1/s1. The van der Waals surface area contributed by atoms with Crippen molar-refractivity contribution in [3.05, 3.63) is 24.3 Å². The molecule has 0 aliphatic heterocycles. The van der Waals surface area contributed by atoms with Crippen molar-refractivity contribution in [2.45, 2.75) is 349 Å². The summed E-state index contributed by atoms with van der Waals surface area (Å²) in [6, 6.07) is 0. The topological polar surface area (TPSA) is 237 Å². The number of aliphatic hydroxyl groups excluding tert-OH is 1. The molecule has 0 heterocycles. The monoisotopic (exact) mass is 1320 g/mol. The molecule has 0 fully saturated rings. The van der Waals surface area contributed by atoms with Crippen LogP contribution in [0.1, 0.15) is 331 Å². The van der Waals surface area contributed by atoms with Crippen LogP contribution in [-0.4, -0.2) is 96.7 Å². The summed E-state index contributed by atoms with van der Waals surface area (Å²) in [6.45, 7) is 11.7. The van der Waals surface area contributed by atoms with Crippen LogP contribution in [0.5, 0.6) is 0 Å². The number of allylic oxidation sites excluding steroid dienone is 4. The molecule has 7 atom stereocenters. The van der Waals surface area contributed by atoms with Crippen LogP contribution >= 0.6 is 15.6 Å².